The minimum absolute atomic E-state index is 0.127. The molecule has 0 radical (unpaired) electrons. The lowest BCUT2D eigenvalue weighted by Crippen LogP contribution is -2.29. The summed E-state index contributed by atoms with van der Waals surface area (Å²) in [6.45, 7) is 6.90. The van der Waals surface area contributed by atoms with Crippen LogP contribution in [0.2, 0.25) is 0 Å². The summed E-state index contributed by atoms with van der Waals surface area (Å²) in [7, 11) is 0. The number of carbonyl (C=O) groups is 1. The van der Waals surface area contributed by atoms with Gasteiger partial charge in [0.05, 0.1) is 11.9 Å². The molecule has 5 nitrogen and oxygen atoms in total. The van der Waals surface area contributed by atoms with Gasteiger partial charge in [0.1, 0.15) is 5.82 Å². The molecule has 98 valence electrons. The summed E-state index contributed by atoms with van der Waals surface area (Å²) in [5.74, 6) is -0.260. The van der Waals surface area contributed by atoms with Crippen molar-refractivity contribution >= 4 is 11.7 Å². The Morgan fingerprint density at radius 1 is 1.56 bits per heavy atom. The molecule has 1 N–H and O–H groups in total. The molecule has 1 saturated heterocycles. The number of hydrogen-bond acceptors (Lipinski definition) is 4. The van der Waals surface area contributed by atoms with Crippen LogP contribution in [0.5, 0.6) is 0 Å². The van der Waals surface area contributed by atoms with Gasteiger partial charge in [-0.2, -0.15) is 0 Å². The Balaban J connectivity index is 2.43. The van der Waals surface area contributed by atoms with Gasteiger partial charge in [0, 0.05) is 18.5 Å². The Morgan fingerprint density at radius 3 is 2.78 bits per heavy atom. The number of hydrogen-bond donors (Lipinski definition) is 1. The summed E-state index contributed by atoms with van der Waals surface area (Å²) in [6, 6.07) is 0.358. The molecular weight excluding hydrogens is 230 g/mol. The molecule has 1 atom stereocenters. The number of anilines is 1. The summed E-state index contributed by atoms with van der Waals surface area (Å²) in [6.07, 6.45) is 3.84. The van der Waals surface area contributed by atoms with Gasteiger partial charge in [-0.3, -0.25) is 0 Å². The van der Waals surface area contributed by atoms with Gasteiger partial charge < -0.3 is 10.0 Å². The molecule has 1 unspecified atom stereocenters. The van der Waals surface area contributed by atoms with Gasteiger partial charge in [-0.25, -0.2) is 14.8 Å². The zero-order chi connectivity index (χ0) is 13.3. The highest BCUT2D eigenvalue weighted by Crippen LogP contribution is 2.27. The normalized spacial score (nSPS) is 19.6. The third-order valence-corrected chi connectivity index (χ3v) is 3.37. The van der Waals surface area contributed by atoms with Gasteiger partial charge in [-0.05, 0) is 19.8 Å². The lowest BCUT2D eigenvalue weighted by molar-refractivity contribution is 0.0690. The predicted molar refractivity (Wildman–Crippen MR) is 69.1 cm³/mol. The third kappa shape index (κ3) is 2.30. The Hall–Kier alpha value is -1.65. The molecule has 0 bridgehead atoms. The lowest BCUT2D eigenvalue weighted by Gasteiger charge is -2.24. The first kappa shape index (κ1) is 12.8. The van der Waals surface area contributed by atoms with Crippen molar-refractivity contribution in [3.05, 3.63) is 17.7 Å². The number of nitrogens with zero attached hydrogens (tertiary/aromatic N) is 3. The maximum absolute atomic E-state index is 11.3. The van der Waals surface area contributed by atoms with E-state index in [2.05, 4.69) is 21.8 Å². The van der Waals surface area contributed by atoms with Crippen LogP contribution in [0.15, 0.2) is 6.20 Å². The third-order valence-electron chi connectivity index (χ3n) is 3.37. The monoisotopic (exact) mass is 249 g/mol. The summed E-state index contributed by atoms with van der Waals surface area (Å²) < 4.78 is 0. The highest BCUT2D eigenvalue weighted by molar-refractivity contribution is 5.92. The van der Waals surface area contributed by atoms with Gasteiger partial charge in [0.25, 0.3) is 0 Å². The van der Waals surface area contributed by atoms with E-state index < -0.39 is 5.97 Å². The molecule has 18 heavy (non-hydrogen) atoms. The number of rotatable bonds is 3. The minimum atomic E-state index is -0.978. The standard InChI is InChI=1S/C13H19N3O2/c1-8(2)12-14-7-10(11(15-12)13(17)18)16-6-4-5-9(16)3/h7-9H,4-6H2,1-3H3,(H,17,18). The van der Waals surface area contributed by atoms with Crippen molar-refractivity contribution in [3.8, 4) is 0 Å². The molecule has 0 spiro atoms. The molecule has 1 aliphatic heterocycles. The first-order valence-electron chi connectivity index (χ1n) is 6.37. The van der Waals surface area contributed by atoms with E-state index in [0.717, 1.165) is 19.4 Å². The summed E-state index contributed by atoms with van der Waals surface area (Å²) in [5, 5.41) is 9.30. The first-order valence-corrected chi connectivity index (χ1v) is 6.37. The molecule has 1 aromatic rings. The van der Waals surface area contributed by atoms with E-state index in [9.17, 15) is 9.90 Å². The van der Waals surface area contributed by atoms with E-state index >= 15 is 0 Å². The van der Waals surface area contributed by atoms with Crippen LogP contribution < -0.4 is 4.90 Å². The highest BCUT2D eigenvalue weighted by Gasteiger charge is 2.26. The van der Waals surface area contributed by atoms with Crippen LogP contribution in [0.3, 0.4) is 0 Å². The minimum Gasteiger partial charge on any atom is -0.476 e. The van der Waals surface area contributed by atoms with Crippen molar-refractivity contribution in [2.24, 2.45) is 0 Å². The van der Waals surface area contributed by atoms with Crippen molar-refractivity contribution in [1.29, 1.82) is 0 Å². The van der Waals surface area contributed by atoms with Crippen molar-refractivity contribution in [2.45, 2.75) is 45.6 Å². The molecule has 2 rings (SSSR count). The van der Waals surface area contributed by atoms with E-state index in [0.29, 0.717) is 17.6 Å². The van der Waals surface area contributed by atoms with Crippen LogP contribution in [0, 0.1) is 0 Å². The average molecular weight is 249 g/mol. The first-order chi connectivity index (χ1) is 8.50. The molecule has 2 heterocycles. The number of carboxylic acids is 1. The summed E-state index contributed by atoms with van der Waals surface area (Å²) in [4.78, 5) is 21.9. The van der Waals surface area contributed by atoms with E-state index in [4.69, 9.17) is 0 Å². The Morgan fingerprint density at radius 2 is 2.28 bits per heavy atom. The quantitative estimate of drug-likeness (QED) is 0.890. The number of aromatic nitrogens is 2. The second-order valence-corrected chi connectivity index (χ2v) is 5.11. The lowest BCUT2D eigenvalue weighted by atomic mass is 10.2. The molecule has 0 aliphatic carbocycles. The van der Waals surface area contributed by atoms with Crippen LogP contribution in [-0.2, 0) is 0 Å². The van der Waals surface area contributed by atoms with Gasteiger partial charge >= 0.3 is 5.97 Å². The van der Waals surface area contributed by atoms with Crippen molar-refractivity contribution in [1.82, 2.24) is 9.97 Å². The molecule has 1 fully saturated rings. The van der Waals surface area contributed by atoms with Crippen LogP contribution in [0.4, 0.5) is 5.69 Å². The zero-order valence-electron chi connectivity index (χ0n) is 11.1. The van der Waals surface area contributed by atoms with E-state index in [1.165, 1.54) is 0 Å². The second-order valence-electron chi connectivity index (χ2n) is 5.11. The van der Waals surface area contributed by atoms with Crippen LogP contribution >= 0.6 is 0 Å². The highest BCUT2D eigenvalue weighted by atomic mass is 16.4. The topological polar surface area (TPSA) is 66.3 Å². The summed E-state index contributed by atoms with van der Waals surface area (Å²) in [5.41, 5.74) is 0.777. The van der Waals surface area contributed by atoms with Crippen molar-refractivity contribution in [3.63, 3.8) is 0 Å². The molecule has 5 heteroatoms. The van der Waals surface area contributed by atoms with E-state index in [1.807, 2.05) is 13.8 Å². The van der Waals surface area contributed by atoms with Crippen molar-refractivity contribution in [2.75, 3.05) is 11.4 Å². The second kappa shape index (κ2) is 4.92. The fourth-order valence-electron chi connectivity index (χ4n) is 2.33. The Bertz CT molecular complexity index is 460. The fraction of sp³-hybridized carbons (Fsp3) is 0.615. The molecule has 0 saturated carbocycles. The maximum atomic E-state index is 11.3. The molecule has 1 aliphatic rings. The van der Waals surface area contributed by atoms with Gasteiger partial charge in [-0.1, -0.05) is 13.8 Å². The molecular formula is C13H19N3O2. The fourth-order valence-corrected chi connectivity index (χ4v) is 2.33. The van der Waals surface area contributed by atoms with Gasteiger partial charge in [-0.15, -0.1) is 0 Å². The largest absolute Gasteiger partial charge is 0.476 e. The Labute approximate surface area is 107 Å². The zero-order valence-corrected chi connectivity index (χ0v) is 11.1. The Kier molecular flexibility index (Phi) is 3.50. The number of aromatic carboxylic acids is 1. The van der Waals surface area contributed by atoms with Crippen LogP contribution in [0.1, 0.15) is 55.8 Å². The van der Waals surface area contributed by atoms with Crippen LogP contribution in [0.25, 0.3) is 0 Å². The maximum Gasteiger partial charge on any atom is 0.356 e. The molecule has 0 aromatic carbocycles. The van der Waals surface area contributed by atoms with Crippen LogP contribution in [-0.4, -0.2) is 33.6 Å². The molecule has 0 amide bonds. The van der Waals surface area contributed by atoms with E-state index in [-0.39, 0.29) is 11.6 Å². The average Bonchev–Trinajstić information content (AvgIpc) is 2.74. The van der Waals surface area contributed by atoms with Gasteiger partial charge in [0.2, 0.25) is 0 Å². The van der Waals surface area contributed by atoms with E-state index in [1.54, 1.807) is 6.20 Å². The predicted octanol–water partition coefficient (Wildman–Crippen LogP) is 2.29. The van der Waals surface area contributed by atoms with Gasteiger partial charge in [0.15, 0.2) is 5.69 Å². The number of carboxylic acid groups (broad SMARTS) is 1. The SMILES string of the molecule is CC(C)c1ncc(N2CCCC2C)c(C(=O)O)n1. The van der Waals surface area contributed by atoms with Crippen molar-refractivity contribution < 1.29 is 9.90 Å². The summed E-state index contributed by atoms with van der Waals surface area (Å²) >= 11 is 0. The molecule has 1 aromatic heterocycles. The smallest absolute Gasteiger partial charge is 0.356 e.